The van der Waals surface area contributed by atoms with Crippen molar-refractivity contribution < 1.29 is 15.0 Å². The smallest absolute Gasteiger partial charge is 0.323 e. The summed E-state index contributed by atoms with van der Waals surface area (Å²) < 4.78 is -0.750. The minimum atomic E-state index is -1.18. The van der Waals surface area contributed by atoms with Crippen LogP contribution in [0.1, 0.15) is 6.92 Å². The second-order valence-electron chi connectivity index (χ2n) is 1.85. The van der Waals surface area contributed by atoms with Crippen molar-refractivity contribution in [1.29, 1.82) is 0 Å². The molecule has 0 heterocycles. The van der Waals surface area contributed by atoms with Crippen LogP contribution in [0.25, 0.3) is 0 Å². The third-order valence-electron chi connectivity index (χ3n) is 0.805. The van der Waals surface area contributed by atoms with Gasteiger partial charge in [0, 0.05) is 0 Å². The predicted molar refractivity (Wildman–Crippen MR) is 48.6 cm³/mol. The van der Waals surface area contributed by atoms with Crippen LogP contribution in [0.5, 0.6) is 0 Å². The molecule has 0 fully saturated rings. The number of halogens is 3. The molecule has 0 bridgehead atoms. The van der Waals surface area contributed by atoms with E-state index in [1.165, 1.54) is 6.92 Å². The highest BCUT2D eigenvalue weighted by atomic mass is 35.6. The Bertz CT molecular complexity index is 128. The van der Waals surface area contributed by atoms with Gasteiger partial charge in [-0.05, 0) is 6.92 Å². The Morgan fingerprint density at radius 3 is 1.67 bits per heavy atom. The SMILES string of the molecule is CC(O)[C@H](N)C(=O)O.ClC(Cl)Cl. The summed E-state index contributed by atoms with van der Waals surface area (Å²) in [6, 6.07) is -1.16. The van der Waals surface area contributed by atoms with Gasteiger partial charge < -0.3 is 15.9 Å². The van der Waals surface area contributed by atoms with E-state index in [9.17, 15) is 4.79 Å². The Balaban J connectivity index is 0. The molecule has 4 nitrogen and oxygen atoms in total. The minimum absolute atomic E-state index is 0.750. The molecule has 0 radical (unpaired) electrons. The molecule has 0 aromatic heterocycles. The van der Waals surface area contributed by atoms with Crippen LogP contribution in [0.15, 0.2) is 0 Å². The second kappa shape index (κ2) is 7.89. The Kier molecular flexibility index (Phi) is 9.70. The third-order valence-corrected chi connectivity index (χ3v) is 0.805. The van der Waals surface area contributed by atoms with E-state index in [0.717, 1.165) is 0 Å². The first-order valence-electron chi connectivity index (χ1n) is 2.87. The van der Waals surface area contributed by atoms with Gasteiger partial charge in [0.25, 0.3) is 0 Å². The lowest BCUT2D eigenvalue weighted by molar-refractivity contribution is -0.140. The van der Waals surface area contributed by atoms with E-state index in [1.54, 1.807) is 0 Å². The Morgan fingerprint density at radius 2 is 1.67 bits per heavy atom. The Labute approximate surface area is 85.2 Å². The van der Waals surface area contributed by atoms with Crippen LogP contribution in [0.3, 0.4) is 0 Å². The van der Waals surface area contributed by atoms with Gasteiger partial charge >= 0.3 is 5.97 Å². The van der Waals surface area contributed by atoms with Gasteiger partial charge in [-0.15, -0.1) is 0 Å². The molecule has 0 saturated heterocycles. The minimum Gasteiger partial charge on any atom is -0.480 e. The summed E-state index contributed by atoms with van der Waals surface area (Å²) in [6.45, 7) is 1.33. The van der Waals surface area contributed by atoms with Crippen molar-refractivity contribution >= 4 is 40.8 Å². The number of nitrogens with two attached hydrogens (primary N) is 1. The number of carbonyl (C=O) groups is 1. The third kappa shape index (κ3) is 12.9. The fraction of sp³-hybridized carbons (Fsp3) is 0.800. The summed E-state index contributed by atoms with van der Waals surface area (Å²) >= 11 is 14.4. The van der Waals surface area contributed by atoms with E-state index < -0.39 is 22.4 Å². The van der Waals surface area contributed by atoms with E-state index in [2.05, 4.69) is 0 Å². The zero-order chi connectivity index (χ0) is 10.3. The number of rotatable bonds is 2. The molecule has 7 heteroatoms. The van der Waals surface area contributed by atoms with Gasteiger partial charge in [0.15, 0.2) is 4.30 Å². The fourth-order valence-corrected chi connectivity index (χ4v) is 0.206. The molecular weight excluding hydrogens is 228 g/mol. The van der Waals surface area contributed by atoms with E-state index in [-0.39, 0.29) is 0 Å². The lowest BCUT2D eigenvalue weighted by Gasteiger charge is -2.06. The summed E-state index contributed by atoms with van der Waals surface area (Å²) in [7, 11) is 0. The predicted octanol–water partition coefficient (Wildman–Crippen LogP) is 0.766. The van der Waals surface area contributed by atoms with Gasteiger partial charge in [-0.25, -0.2) is 0 Å². The molecule has 74 valence electrons. The second-order valence-corrected chi connectivity index (χ2v) is 3.83. The average Bonchev–Trinajstić information content (AvgIpc) is 1.84. The van der Waals surface area contributed by atoms with Crippen molar-refractivity contribution in [3.63, 3.8) is 0 Å². The average molecular weight is 238 g/mol. The quantitative estimate of drug-likeness (QED) is 0.620. The normalized spacial score (nSPS) is 14.6. The number of carboxylic acid groups (broad SMARTS) is 1. The number of alkyl halides is 3. The maximum atomic E-state index is 9.86. The maximum absolute atomic E-state index is 9.86. The first-order valence-corrected chi connectivity index (χ1v) is 4.18. The topological polar surface area (TPSA) is 83.5 Å². The zero-order valence-electron chi connectivity index (χ0n) is 6.25. The Hall–Kier alpha value is 0.260. The molecule has 2 atom stereocenters. The highest BCUT2D eigenvalue weighted by molar-refractivity contribution is 6.63. The van der Waals surface area contributed by atoms with Gasteiger partial charge in [0.2, 0.25) is 0 Å². The van der Waals surface area contributed by atoms with Crippen LogP contribution in [0.2, 0.25) is 0 Å². The monoisotopic (exact) mass is 237 g/mol. The molecule has 0 spiro atoms. The summed E-state index contributed by atoms with van der Waals surface area (Å²) in [5, 5.41) is 16.6. The van der Waals surface area contributed by atoms with Crippen LogP contribution in [0.4, 0.5) is 0 Å². The van der Waals surface area contributed by atoms with E-state index in [4.69, 9.17) is 50.7 Å². The van der Waals surface area contributed by atoms with Gasteiger partial charge in [-0.1, -0.05) is 34.8 Å². The molecule has 1 unspecified atom stereocenters. The van der Waals surface area contributed by atoms with Gasteiger partial charge in [0.1, 0.15) is 6.04 Å². The molecule has 0 aliphatic carbocycles. The maximum Gasteiger partial charge on any atom is 0.323 e. The number of hydrogen-bond acceptors (Lipinski definition) is 3. The van der Waals surface area contributed by atoms with E-state index >= 15 is 0 Å². The molecule has 0 amide bonds. The summed E-state index contributed by atoms with van der Waals surface area (Å²) in [5.74, 6) is -1.18. The summed E-state index contributed by atoms with van der Waals surface area (Å²) in [6.07, 6.45) is -0.979. The molecule has 4 N–H and O–H groups in total. The standard InChI is InChI=1S/C4H9NO3.CHCl3/c1-2(6)3(5)4(7)8;2-1(3)4/h2-3,6H,5H2,1H3,(H,7,8);1H/t2?,3-;/m0./s1. The number of aliphatic hydroxyl groups is 1. The van der Waals surface area contributed by atoms with Crippen LogP contribution in [-0.4, -0.2) is 32.6 Å². The molecule has 0 aliphatic rings. The lowest BCUT2D eigenvalue weighted by atomic mass is 10.2. The van der Waals surface area contributed by atoms with Crippen molar-refractivity contribution in [3.05, 3.63) is 0 Å². The molecule has 0 saturated carbocycles. The van der Waals surface area contributed by atoms with Crippen molar-refractivity contribution in [2.45, 2.75) is 23.4 Å². The van der Waals surface area contributed by atoms with Crippen LogP contribution in [-0.2, 0) is 4.79 Å². The van der Waals surface area contributed by atoms with Crippen molar-refractivity contribution in [2.24, 2.45) is 5.73 Å². The molecule has 0 aromatic rings. The first kappa shape index (κ1) is 14.8. The first-order chi connectivity index (χ1) is 5.29. The zero-order valence-corrected chi connectivity index (χ0v) is 8.51. The van der Waals surface area contributed by atoms with Crippen molar-refractivity contribution in [2.75, 3.05) is 0 Å². The number of aliphatic hydroxyl groups excluding tert-OH is 1. The molecule has 0 rings (SSSR count). The number of carboxylic acids is 1. The number of hydrogen-bond donors (Lipinski definition) is 3. The highest BCUT2D eigenvalue weighted by Crippen LogP contribution is 2.03. The van der Waals surface area contributed by atoms with Crippen molar-refractivity contribution in [1.82, 2.24) is 0 Å². The largest absolute Gasteiger partial charge is 0.480 e. The van der Waals surface area contributed by atoms with Gasteiger partial charge in [-0.3, -0.25) is 4.79 Å². The van der Waals surface area contributed by atoms with E-state index in [1.807, 2.05) is 0 Å². The van der Waals surface area contributed by atoms with Crippen LogP contribution >= 0.6 is 34.8 Å². The number of aliphatic carboxylic acids is 1. The summed E-state index contributed by atoms with van der Waals surface area (Å²) in [5.41, 5.74) is 4.91. The van der Waals surface area contributed by atoms with Gasteiger partial charge in [-0.2, -0.15) is 0 Å². The van der Waals surface area contributed by atoms with Crippen LogP contribution in [0, 0.1) is 0 Å². The fourth-order valence-electron chi connectivity index (χ4n) is 0.206. The summed E-state index contributed by atoms with van der Waals surface area (Å²) in [4.78, 5) is 9.86. The molecule has 0 aromatic carbocycles. The Morgan fingerprint density at radius 1 is 1.42 bits per heavy atom. The molecule has 12 heavy (non-hydrogen) atoms. The molecular formula is C5H10Cl3NO3. The highest BCUT2D eigenvalue weighted by Gasteiger charge is 2.16. The lowest BCUT2D eigenvalue weighted by Crippen LogP contribution is -2.39. The van der Waals surface area contributed by atoms with Gasteiger partial charge in [0.05, 0.1) is 6.10 Å². The molecule has 0 aliphatic heterocycles. The van der Waals surface area contributed by atoms with E-state index in [0.29, 0.717) is 0 Å². The van der Waals surface area contributed by atoms with Crippen LogP contribution < -0.4 is 5.73 Å². The van der Waals surface area contributed by atoms with Crippen molar-refractivity contribution in [3.8, 4) is 0 Å².